The second-order valence-corrected chi connectivity index (χ2v) is 5.33. The molecule has 2 N–H and O–H groups in total. The summed E-state index contributed by atoms with van der Waals surface area (Å²) in [5.74, 6) is -1.37. The summed E-state index contributed by atoms with van der Waals surface area (Å²) in [7, 11) is 0. The lowest BCUT2D eigenvalue weighted by Gasteiger charge is -2.30. The highest BCUT2D eigenvalue weighted by atomic mass is 16.5. The first-order chi connectivity index (χ1) is 9.31. The van der Waals surface area contributed by atoms with Crippen molar-refractivity contribution in [1.29, 1.82) is 0 Å². The van der Waals surface area contributed by atoms with Gasteiger partial charge in [0.2, 0.25) is 5.91 Å². The third-order valence-electron chi connectivity index (χ3n) is 3.21. The van der Waals surface area contributed by atoms with Gasteiger partial charge in [-0.15, -0.1) is 0 Å². The van der Waals surface area contributed by atoms with Gasteiger partial charge in [0.15, 0.2) is 11.9 Å². The summed E-state index contributed by atoms with van der Waals surface area (Å²) >= 11 is 0. The van der Waals surface area contributed by atoms with Crippen LogP contribution in [0.3, 0.4) is 0 Å². The molecule has 1 aliphatic rings. The van der Waals surface area contributed by atoms with Gasteiger partial charge in [-0.05, 0) is 12.8 Å². The van der Waals surface area contributed by atoms with Crippen molar-refractivity contribution in [3.63, 3.8) is 0 Å². The highest BCUT2D eigenvalue weighted by Gasteiger charge is 2.28. The molecule has 0 aromatic heterocycles. The number of nitrogens with one attached hydrogen (secondary N) is 1. The molecule has 114 valence electrons. The molecule has 0 aromatic rings. The van der Waals surface area contributed by atoms with Gasteiger partial charge < -0.3 is 15.2 Å². The first kappa shape index (κ1) is 16.6. The van der Waals surface area contributed by atoms with Gasteiger partial charge in [0, 0.05) is 13.1 Å². The smallest absolute Gasteiger partial charge is 0.334 e. The lowest BCUT2D eigenvalue weighted by molar-refractivity contribution is -0.156. The van der Waals surface area contributed by atoms with Gasteiger partial charge in [-0.3, -0.25) is 14.5 Å². The van der Waals surface area contributed by atoms with Crippen LogP contribution in [0.5, 0.6) is 0 Å². The Morgan fingerprint density at radius 1 is 1.40 bits per heavy atom. The summed E-state index contributed by atoms with van der Waals surface area (Å²) < 4.78 is 5.08. The van der Waals surface area contributed by atoms with Gasteiger partial charge in [0.1, 0.15) is 0 Å². The van der Waals surface area contributed by atoms with Gasteiger partial charge in [0.05, 0.1) is 19.2 Å². The maximum absolute atomic E-state index is 11.9. The zero-order valence-electron chi connectivity index (χ0n) is 12.1. The zero-order chi connectivity index (χ0) is 15.3. The van der Waals surface area contributed by atoms with E-state index in [2.05, 4.69) is 5.32 Å². The predicted molar refractivity (Wildman–Crippen MR) is 71.3 cm³/mol. The number of nitrogens with zero attached hydrogens (tertiary/aromatic N) is 1. The molecule has 0 radical (unpaired) electrons. The lowest BCUT2D eigenvalue weighted by atomic mass is 10.0. The molecular weight excluding hydrogens is 264 g/mol. The molecule has 7 nitrogen and oxygen atoms in total. The zero-order valence-corrected chi connectivity index (χ0v) is 12.1. The average molecular weight is 286 g/mol. The van der Waals surface area contributed by atoms with Crippen molar-refractivity contribution in [2.45, 2.75) is 32.9 Å². The number of carbonyl (C=O) groups is 3. The molecule has 1 amide bonds. The topological polar surface area (TPSA) is 95.9 Å². The maximum atomic E-state index is 11.9. The second-order valence-electron chi connectivity index (χ2n) is 5.33. The van der Waals surface area contributed by atoms with Crippen molar-refractivity contribution < 1.29 is 24.2 Å². The van der Waals surface area contributed by atoms with Crippen LogP contribution in [0.4, 0.5) is 0 Å². The van der Waals surface area contributed by atoms with Crippen LogP contribution in [0.25, 0.3) is 0 Å². The summed E-state index contributed by atoms with van der Waals surface area (Å²) in [6.45, 7) is 6.20. The number of amides is 1. The fraction of sp³-hybridized carbons (Fsp3) is 0.769. The molecule has 20 heavy (non-hydrogen) atoms. The Morgan fingerprint density at radius 3 is 2.55 bits per heavy atom. The van der Waals surface area contributed by atoms with E-state index in [-0.39, 0.29) is 37.3 Å². The van der Waals surface area contributed by atoms with Crippen molar-refractivity contribution in [3.8, 4) is 0 Å². The van der Waals surface area contributed by atoms with Crippen LogP contribution in [0.15, 0.2) is 0 Å². The Morgan fingerprint density at radius 2 is 2.05 bits per heavy atom. The van der Waals surface area contributed by atoms with Crippen molar-refractivity contribution >= 4 is 17.7 Å². The Bertz CT molecular complexity index is 383. The van der Waals surface area contributed by atoms with Crippen molar-refractivity contribution in [3.05, 3.63) is 0 Å². The highest BCUT2D eigenvalue weighted by Crippen LogP contribution is 2.06. The van der Waals surface area contributed by atoms with E-state index in [4.69, 9.17) is 9.84 Å². The molecule has 0 spiro atoms. The van der Waals surface area contributed by atoms with E-state index in [0.717, 1.165) is 0 Å². The normalized spacial score (nSPS) is 21.5. The van der Waals surface area contributed by atoms with Crippen LogP contribution in [0, 0.1) is 5.92 Å². The number of carboxylic acids is 1. The largest absolute Gasteiger partial charge is 0.479 e. The summed E-state index contributed by atoms with van der Waals surface area (Å²) in [5.41, 5.74) is 0. The molecule has 0 aliphatic carbocycles. The second kappa shape index (κ2) is 7.35. The third kappa shape index (κ3) is 4.90. The molecule has 2 atom stereocenters. The van der Waals surface area contributed by atoms with E-state index >= 15 is 0 Å². The first-order valence-corrected chi connectivity index (χ1v) is 6.67. The molecular formula is C13H22N2O5. The Labute approximate surface area is 118 Å². The van der Waals surface area contributed by atoms with Crippen LogP contribution in [-0.4, -0.2) is 66.1 Å². The van der Waals surface area contributed by atoms with E-state index < -0.39 is 18.1 Å². The minimum atomic E-state index is -1.03. The molecule has 0 saturated carbocycles. The number of ketones is 1. The van der Waals surface area contributed by atoms with E-state index in [0.29, 0.717) is 6.54 Å². The molecule has 1 rings (SSSR count). The van der Waals surface area contributed by atoms with Crippen LogP contribution in [0.2, 0.25) is 0 Å². The SMILES string of the molecule is CC(=O)C(NC(=O)CN1CCOC(C(=O)O)C1)C(C)C. The molecule has 1 heterocycles. The standard InChI is InChI=1S/C13H22N2O5/c1-8(2)12(9(3)16)14-11(17)7-15-4-5-20-10(6-15)13(18)19/h8,10,12H,4-7H2,1-3H3,(H,14,17)(H,18,19). The van der Waals surface area contributed by atoms with Gasteiger partial charge in [-0.1, -0.05) is 13.8 Å². The predicted octanol–water partition coefficient (Wildman–Crippen LogP) is -0.498. The van der Waals surface area contributed by atoms with Crippen molar-refractivity contribution in [1.82, 2.24) is 10.2 Å². The van der Waals surface area contributed by atoms with Crippen LogP contribution in [0.1, 0.15) is 20.8 Å². The fourth-order valence-electron chi connectivity index (χ4n) is 2.16. The van der Waals surface area contributed by atoms with Crippen LogP contribution >= 0.6 is 0 Å². The molecule has 1 fully saturated rings. The molecule has 7 heteroatoms. The van der Waals surface area contributed by atoms with Gasteiger partial charge in [-0.2, -0.15) is 0 Å². The molecule has 1 saturated heterocycles. The average Bonchev–Trinajstić information content (AvgIpc) is 2.35. The molecule has 0 bridgehead atoms. The molecule has 0 aromatic carbocycles. The monoisotopic (exact) mass is 286 g/mol. The molecule has 1 aliphatic heterocycles. The number of hydrogen-bond donors (Lipinski definition) is 2. The maximum Gasteiger partial charge on any atom is 0.334 e. The number of carboxylic acid groups (broad SMARTS) is 1. The van der Waals surface area contributed by atoms with Gasteiger partial charge >= 0.3 is 5.97 Å². The molecule has 2 unspecified atom stereocenters. The number of ether oxygens (including phenoxy) is 1. The Kier molecular flexibility index (Phi) is 6.09. The van der Waals surface area contributed by atoms with E-state index in [1.165, 1.54) is 6.92 Å². The van der Waals surface area contributed by atoms with Crippen molar-refractivity contribution in [2.75, 3.05) is 26.2 Å². The number of aliphatic carboxylic acids is 1. The highest BCUT2D eigenvalue weighted by molar-refractivity contribution is 5.88. The van der Waals surface area contributed by atoms with E-state index in [1.54, 1.807) is 4.90 Å². The van der Waals surface area contributed by atoms with Crippen molar-refractivity contribution in [2.24, 2.45) is 5.92 Å². The number of morpholine rings is 1. The number of rotatable bonds is 6. The fourth-order valence-corrected chi connectivity index (χ4v) is 2.16. The quantitative estimate of drug-likeness (QED) is 0.683. The van der Waals surface area contributed by atoms with Crippen LogP contribution < -0.4 is 5.32 Å². The Hall–Kier alpha value is -1.47. The van der Waals surface area contributed by atoms with E-state index in [1.807, 2.05) is 13.8 Å². The minimum Gasteiger partial charge on any atom is -0.479 e. The number of carbonyl (C=O) groups excluding carboxylic acids is 2. The van der Waals surface area contributed by atoms with E-state index in [9.17, 15) is 14.4 Å². The third-order valence-corrected chi connectivity index (χ3v) is 3.21. The minimum absolute atomic E-state index is 0.0212. The summed E-state index contributed by atoms with van der Waals surface area (Å²) in [5, 5.41) is 11.6. The van der Waals surface area contributed by atoms with Gasteiger partial charge in [0.25, 0.3) is 0 Å². The Balaban J connectivity index is 2.49. The number of Topliss-reactive ketones (excluding diaryl/α,β-unsaturated/α-hetero) is 1. The summed E-state index contributed by atoms with van der Waals surface area (Å²) in [6, 6.07) is -0.501. The summed E-state index contributed by atoms with van der Waals surface area (Å²) in [4.78, 5) is 35.9. The van der Waals surface area contributed by atoms with Gasteiger partial charge in [-0.25, -0.2) is 4.79 Å². The lowest BCUT2D eigenvalue weighted by Crippen LogP contribution is -2.52. The number of hydrogen-bond acceptors (Lipinski definition) is 5. The summed E-state index contributed by atoms with van der Waals surface area (Å²) in [6.07, 6.45) is -0.898. The first-order valence-electron chi connectivity index (χ1n) is 6.67. The van der Waals surface area contributed by atoms with Crippen LogP contribution in [-0.2, 0) is 19.1 Å².